The van der Waals surface area contributed by atoms with Gasteiger partial charge in [0.25, 0.3) is 0 Å². The number of rotatable bonds is 5. The predicted octanol–water partition coefficient (Wildman–Crippen LogP) is 3.10. The molecule has 0 saturated carbocycles. The second-order valence-corrected chi connectivity index (χ2v) is 6.31. The van der Waals surface area contributed by atoms with Gasteiger partial charge in [0.05, 0.1) is 12.2 Å². The molecule has 1 amide bonds. The zero-order valence-electron chi connectivity index (χ0n) is 14.6. The van der Waals surface area contributed by atoms with Crippen LogP contribution in [-0.4, -0.2) is 29.0 Å². The van der Waals surface area contributed by atoms with Crippen LogP contribution in [0.25, 0.3) is 6.08 Å². The van der Waals surface area contributed by atoms with Crippen molar-refractivity contribution in [3.63, 3.8) is 0 Å². The summed E-state index contributed by atoms with van der Waals surface area (Å²) in [4.78, 5) is 23.4. The maximum absolute atomic E-state index is 12.0. The van der Waals surface area contributed by atoms with Crippen molar-refractivity contribution in [1.29, 1.82) is 0 Å². The van der Waals surface area contributed by atoms with Crippen molar-refractivity contribution in [2.75, 3.05) is 18.0 Å². The van der Waals surface area contributed by atoms with E-state index in [9.17, 15) is 4.79 Å². The lowest BCUT2D eigenvalue weighted by Crippen LogP contribution is -2.31. The molecule has 1 N–H and O–H groups in total. The Morgan fingerprint density at radius 3 is 2.68 bits per heavy atom. The molecule has 130 valence electrons. The van der Waals surface area contributed by atoms with Gasteiger partial charge < -0.3 is 10.2 Å². The SMILES string of the molecule is Cc1cc(CNC(=O)/C=C/c2ccccc2)nc(N2CCCCC2)n1. The summed E-state index contributed by atoms with van der Waals surface area (Å²) in [6, 6.07) is 11.7. The van der Waals surface area contributed by atoms with E-state index in [1.54, 1.807) is 12.2 Å². The van der Waals surface area contributed by atoms with Crippen LogP contribution >= 0.6 is 0 Å². The van der Waals surface area contributed by atoms with Crippen LogP contribution in [0, 0.1) is 6.92 Å². The van der Waals surface area contributed by atoms with Crippen LogP contribution < -0.4 is 10.2 Å². The van der Waals surface area contributed by atoms with Crippen LogP contribution in [-0.2, 0) is 11.3 Å². The Kier molecular flexibility index (Phi) is 5.77. The molecule has 25 heavy (non-hydrogen) atoms. The van der Waals surface area contributed by atoms with Gasteiger partial charge in [0, 0.05) is 24.9 Å². The maximum atomic E-state index is 12.0. The zero-order chi connectivity index (χ0) is 17.5. The quantitative estimate of drug-likeness (QED) is 0.853. The first-order valence-corrected chi connectivity index (χ1v) is 8.81. The van der Waals surface area contributed by atoms with Crippen molar-refractivity contribution in [3.05, 3.63) is 59.4 Å². The number of nitrogens with one attached hydrogen (secondary N) is 1. The molecule has 1 aliphatic heterocycles. The second-order valence-electron chi connectivity index (χ2n) is 6.31. The van der Waals surface area contributed by atoms with Gasteiger partial charge in [-0.05, 0) is 43.9 Å². The highest BCUT2D eigenvalue weighted by Gasteiger charge is 2.14. The topological polar surface area (TPSA) is 58.1 Å². The largest absolute Gasteiger partial charge is 0.347 e. The molecule has 0 bridgehead atoms. The fraction of sp³-hybridized carbons (Fsp3) is 0.350. The summed E-state index contributed by atoms with van der Waals surface area (Å²) >= 11 is 0. The molecule has 1 saturated heterocycles. The molecule has 1 aliphatic rings. The van der Waals surface area contributed by atoms with Gasteiger partial charge >= 0.3 is 0 Å². The summed E-state index contributed by atoms with van der Waals surface area (Å²) in [7, 11) is 0. The standard InChI is InChI=1S/C20H24N4O/c1-16-14-18(23-20(22-16)24-12-6-3-7-13-24)15-21-19(25)11-10-17-8-4-2-5-9-17/h2,4-5,8-11,14H,3,6-7,12-13,15H2,1H3,(H,21,25)/b11-10+. The van der Waals surface area contributed by atoms with E-state index in [0.717, 1.165) is 36.0 Å². The van der Waals surface area contributed by atoms with Gasteiger partial charge in [-0.3, -0.25) is 4.79 Å². The summed E-state index contributed by atoms with van der Waals surface area (Å²) < 4.78 is 0. The number of anilines is 1. The molecule has 0 radical (unpaired) electrons. The number of nitrogens with zero attached hydrogens (tertiary/aromatic N) is 3. The van der Waals surface area contributed by atoms with Crippen LogP contribution in [0.2, 0.25) is 0 Å². The van der Waals surface area contributed by atoms with Crippen LogP contribution in [0.4, 0.5) is 5.95 Å². The van der Waals surface area contributed by atoms with Crippen molar-refractivity contribution >= 4 is 17.9 Å². The molecule has 2 heterocycles. The molecule has 0 aliphatic carbocycles. The third-order valence-electron chi connectivity index (χ3n) is 4.20. The van der Waals surface area contributed by atoms with Crippen molar-refractivity contribution < 1.29 is 4.79 Å². The first kappa shape index (κ1) is 17.1. The van der Waals surface area contributed by atoms with Gasteiger partial charge in [0.15, 0.2) is 0 Å². The number of piperidine rings is 1. The van der Waals surface area contributed by atoms with E-state index in [2.05, 4.69) is 20.2 Å². The van der Waals surface area contributed by atoms with Gasteiger partial charge in [0.2, 0.25) is 11.9 Å². The molecule has 1 aromatic heterocycles. The molecule has 2 aromatic rings. The second kappa shape index (κ2) is 8.42. The fourth-order valence-corrected chi connectivity index (χ4v) is 2.92. The lowest BCUT2D eigenvalue weighted by atomic mass is 10.1. The average molecular weight is 336 g/mol. The first-order chi connectivity index (χ1) is 12.2. The van der Waals surface area contributed by atoms with Crippen LogP contribution in [0.3, 0.4) is 0 Å². The number of carbonyl (C=O) groups excluding carboxylic acids is 1. The van der Waals surface area contributed by atoms with Crippen LogP contribution in [0.15, 0.2) is 42.5 Å². The number of aryl methyl sites for hydroxylation is 1. The van der Waals surface area contributed by atoms with Crippen molar-refractivity contribution in [2.24, 2.45) is 0 Å². The van der Waals surface area contributed by atoms with Crippen LogP contribution in [0.1, 0.15) is 36.2 Å². The Bertz CT molecular complexity index is 737. The molecule has 3 rings (SSSR count). The Labute approximate surface area is 148 Å². The highest BCUT2D eigenvalue weighted by Crippen LogP contribution is 2.16. The summed E-state index contributed by atoms with van der Waals surface area (Å²) in [6.45, 7) is 4.39. The van der Waals surface area contributed by atoms with E-state index in [4.69, 9.17) is 0 Å². The lowest BCUT2D eigenvalue weighted by molar-refractivity contribution is -0.116. The van der Waals surface area contributed by atoms with E-state index >= 15 is 0 Å². The van der Waals surface area contributed by atoms with E-state index in [0.29, 0.717) is 6.54 Å². The van der Waals surface area contributed by atoms with Crippen LogP contribution in [0.5, 0.6) is 0 Å². The van der Waals surface area contributed by atoms with Crippen molar-refractivity contribution in [3.8, 4) is 0 Å². The Morgan fingerprint density at radius 1 is 1.16 bits per heavy atom. The number of hydrogen-bond donors (Lipinski definition) is 1. The fourth-order valence-electron chi connectivity index (χ4n) is 2.92. The van der Waals surface area contributed by atoms with Crippen molar-refractivity contribution in [1.82, 2.24) is 15.3 Å². The zero-order valence-corrected chi connectivity index (χ0v) is 14.6. The normalized spacial score (nSPS) is 14.7. The van der Waals surface area contributed by atoms with Gasteiger partial charge in [-0.15, -0.1) is 0 Å². The number of benzene rings is 1. The molecule has 5 heteroatoms. The van der Waals surface area contributed by atoms with Gasteiger partial charge in [-0.25, -0.2) is 9.97 Å². The minimum absolute atomic E-state index is 0.125. The third-order valence-corrected chi connectivity index (χ3v) is 4.20. The predicted molar refractivity (Wildman–Crippen MR) is 100 cm³/mol. The molecule has 5 nitrogen and oxygen atoms in total. The molecular weight excluding hydrogens is 312 g/mol. The number of aromatic nitrogens is 2. The van der Waals surface area contributed by atoms with E-state index < -0.39 is 0 Å². The lowest BCUT2D eigenvalue weighted by Gasteiger charge is -2.27. The summed E-state index contributed by atoms with van der Waals surface area (Å²) in [5, 5.41) is 2.89. The maximum Gasteiger partial charge on any atom is 0.244 e. The Morgan fingerprint density at radius 2 is 1.92 bits per heavy atom. The molecule has 0 atom stereocenters. The highest BCUT2D eigenvalue weighted by atomic mass is 16.1. The molecule has 0 spiro atoms. The molecule has 1 aromatic carbocycles. The van der Waals surface area contributed by atoms with Gasteiger partial charge in [0.1, 0.15) is 0 Å². The number of hydrogen-bond acceptors (Lipinski definition) is 4. The minimum Gasteiger partial charge on any atom is -0.347 e. The smallest absolute Gasteiger partial charge is 0.244 e. The summed E-state index contributed by atoms with van der Waals surface area (Å²) in [6.07, 6.45) is 7.01. The van der Waals surface area contributed by atoms with E-state index in [1.807, 2.05) is 43.3 Å². The summed E-state index contributed by atoms with van der Waals surface area (Å²) in [5.41, 5.74) is 2.78. The number of amides is 1. The average Bonchev–Trinajstić information content (AvgIpc) is 2.66. The minimum atomic E-state index is -0.125. The highest BCUT2D eigenvalue weighted by molar-refractivity contribution is 5.91. The monoisotopic (exact) mass is 336 g/mol. The Balaban J connectivity index is 1.59. The van der Waals surface area contributed by atoms with Gasteiger partial charge in [-0.2, -0.15) is 0 Å². The Hall–Kier alpha value is -2.69. The van der Waals surface area contributed by atoms with E-state index in [-0.39, 0.29) is 5.91 Å². The van der Waals surface area contributed by atoms with Gasteiger partial charge in [-0.1, -0.05) is 30.3 Å². The van der Waals surface area contributed by atoms with E-state index in [1.165, 1.54) is 19.3 Å². The number of carbonyl (C=O) groups is 1. The molecular formula is C20H24N4O. The first-order valence-electron chi connectivity index (χ1n) is 8.81. The molecule has 0 unspecified atom stereocenters. The summed E-state index contributed by atoms with van der Waals surface area (Å²) in [5.74, 6) is 0.656. The third kappa shape index (κ3) is 5.14. The molecule has 1 fully saturated rings. The van der Waals surface area contributed by atoms with Crippen molar-refractivity contribution in [2.45, 2.75) is 32.7 Å².